The highest BCUT2D eigenvalue weighted by Crippen LogP contribution is 2.05. The van der Waals surface area contributed by atoms with Gasteiger partial charge in [-0.05, 0) is 25.3 Å². The molecule has 0 aliphatic heterocycles. The van der Waals surface area contributed by atoms with Crippen LogP contribution in [0.1, 0.15) is 34.1 Å². The Morgan fingerprint density at radius 1 is 1.17 bits per heavy atom. The number of alkyl halides is 1. The third-order valence-corrected chi connectivity index (χ3v) is 2.44. The summed E-state index contributed by atoms with van der Waals surface area (Å²) in [6.45, 7) is 9.74. The molecule has 0 saturated heterocycles. The Morgan fingerprint density at radius 2 is 1.75 bits per heavy atom. The molecule has 0 radical (unpaired) electrons. The van der Waals surface area contributed by atoms with Crippen LogP contribution >= 0.6 is 0 Å². The van der Waals surface area contributed by atoms with Gasteiger partial charge < -0.3 is 5.32 Å². The van der Waals surface area contributed by atoms with Gasteiger partial charge in [0.2, 0.25) is 0 Å². The van der Waals surface area contributed by atoms with E-state index in [4.69, 9.17) is 0 Å². The molecule has 0 aromatic carbocycles. The predicted molar refractivity (Wildman–Crippen MR) is 52.1 cm³/mol. The summed E-state index contributed by atoms with van der Waals surface area (Å²) in [5.74, 6) is 0.834. The van der Waals surface area contributed by atoms with Crippen LogP contribution in [0.25, 0.3) is 0 Å². The van der Waals surface area contributed by atoms with E-state index in [9.17, 15) is 4.39 Å². The fraction of sp³-hybridized carbons (Fsp3) is 1.00. The van der Waals surface area contributed by atoms with E-state index in [-0.39, 0.29) is 5.92 Å². The van der Waals surface area contributed by atoms with Gasteiger partial charge in [-0.1, -0.05) is 27.2 Å². The highest BCUT2D eigenvalue weighted by Gasteiger charge is 2.09. The molecule has 12 heavy (non-hydrogen) atoms. The minimum absolute atomic E-state index is 0.133. The van der Waals surface area contributed by atoms with E-state index >= 15 is 0 Å². The minimum Gasteiger partial charge on any atom is -0.316 e. The number of hydrogen-bond acceptors (Lipinski definition) is 1. The Bertz CT molecular complexity index is 104. The van der Waals surface area contributed by atoms with Crippen LogP contribution in [0.5, 0.6) is 0 Å². The molecular formula is C10H22FN. The van der Waals surface area contributed by atoms with Crippen molar-refractivity contribution in [3.05, 3.63) is 0 Å². The molecule has 0 saturated carbocycles. The molecular weight excluding hydrogens is 153 g/mol. The monoisotopic (exact) mass is 175 g/mol. The van der Waals surface area contributed by atoms with Crippen molar-refractivity contribution in [2.75, 3.05) is 13.1 Å². The van der Waals surface area contributed by atoms with E-state index in [1.54, 1.807) is 6.92 Å². The van der Waals surface area contributed by atoms with Crippen LogP contribution in [-0.4, -0.2) is 19.3 Å². The summed E-state index contributed by atoms with van der Waals surface area (Å²) in [5, 5.41) is 3.28. The van der Waals surface area contributed by atoms with Gasteiger partial charge in [-0.15, -0.1) is 0 Å². The van der Waals surface area contributed by atoms with Gasteiger partial charge in [0.15, 0.2) is 0 Å². The summed E-state index contributed by atoms with van der Waals surface area (Å²) in [6, 6.07) is 0. The van der Waals surface area contributed by atoms with E-state index in [2.05, 4.69) is 19.2 Å². The molecule has 0 aromatic heterocycles. The fourth-order valence-corrected chi connectivity index (χ4v) is 0.864. The number of halogens is 1. The third kappa shape index (κ3) is 5.53. The highest BCUT2D eigenvalue weighted by molar-refractivity contribution is 4.63. The quantitative estimate of drug-likeness (QED) is 0.654. The maximum absolute atomic E-state index is 12.7. The number of hydrogen-bond donors (Lipinski definition) is 1. The molecule has 1 nitrogen and oxygen atoms in total. The molecule has 2 heteroatoms. The van der Waals surface area contributed by atoms with E-state index < -0.39 is 6.17 Å². The first-order valence-corrected chi connectivity index (χ1v) is 4.92. The Hall–Kier alpha value is -0.110. The van der Waals surface area contributed by atoms with Crippen LogP contribution in [0.2, 0.25) is 0 Å². The lowest BCUT2D eigenvalue weighted by atomic mass is 10.1. The third-order valence-electron chi connectivity index (χ3n) is 2.44. The zero-order chi connectivity index (χ0) is 9.56. The van der Waals surface area contributed by atoms with Crippen molar-refractivity contribution in [2.24, 2.45) is 11.8 Å². The topological polar surface area (TPSA) is 12.0 Å². The minimum atomic E-state index is -0.700. The summed E-state index contributed by atoms with van der Waals surface area (Å²) in [4.78, 5) is 0. The van der Waals surface area contributed by atoms with Crippen molar-refractivity contribution in [1.29, 1.82) is 0 Å². The van der Waals surface area contributed by atoms with Gasteiger partial charge >= 0.3 is 0 Å². The molecule has 0 amide bonds. The molecule has 3 atom stereocenters. The van der Waals surface area contributed by atoms with Crippen molar-refractivity contribution < 1.29 is 4.39 Å². The molecule has 0 heterocycles. The first-order chi connectivity index (χ1) is 5.57. The Labute approximate surface area is 75.7 Å². The molecule has 3 unspecified atom stereocenters. The molecule has 0 aliphatic carbocycles. The molecule has 0 bridgehead atoms. The maximum atomic E-state index is 12.7. The van der Waals surface area contributed by atoms with Crippen molar-refractivity contribution in [3.8, 4) is 0 Å². The normalized spacial score (nSPS) is 18.8. The van der Waals surface area contributed by atoms with Gasteiger partial charge in [-0.25, -0.2) is 4.39 Å². The van der Waals surface area contributed by atoms with Crippen molar-refractivity contribution in [1.82, 2.24) is 5.32 Å². The van der Waals surface area contributed by atoms with Crippen LogP contribution in [0.4, 0.5) is 4.39 Å². The standard InChI is InChI=1S/C10H22FN/c1-5-8(2)6-12-7-9(3)10(4)11/h8-10,12H,5-7H2,1-4H3. The lowest BCUT2D eigenvalue weighted by Gasteiger charge is -2.15. The zero-order valence-electron chi connectivity index (χ0n) is 8.73. The predicted octanol–water partition coefficient (Wildman–Crippen LogP) is 2.62. The Balaban J connectivity index is 3.30. The van der Waals surface area contributed by atoms with Crippen LogP contribution < -0.4 is 5.32 Å². The molecule has 0 aromatic rings. The molecule has 0 rings (SSSR count). The fourth-order valence-electron chi connectivity index (χ4n) is 0.864. The van der Waals surface area contributed by atoms with Crippen LogP contribution in [0.15, 0.2) is 0 Å². The average molecular weight is 175 g/mol. The second kappa shape index (κ2) is 6.41. The van der Waals surface area contributed by atoms with Crippen molar-refractivity contribution in [3.63, 3.8) is 0 Å². The lowest BCUT2D eigenvalue weighted by molar-refractivity contribution is 0.255. The maximum Gasteiger partial charge on any atom is 0.101 e. The second-order valence-electron chi connectivity index (χ2n) is 3.83. The van der Waals surface area contributed by atoms with Gasteiger partial charge in [0, 0.05) is 6.54 Å². The molecule has 0 fully saturated rings. The highest BCUT2D eigenvalue weighted by atomic mass is 19.1. The smallest absolute Gasteiger partial charge is 0.101 e. The first-order valence-electron chi connectivity index (χ1n) is 4.92. The van der Waals surface area contributed by atoms with Gasteiger partial charge in [-0.3, -0.25) is 0 Å². The molecule has 0 aliphatic rings. The average Bonchev–Trinajstić information content (AvgIpc) is 2.03. The van der Waals surface area contributed by atoms with Gasteiger partial charge in [0.1, 0.15) is 6.17 Å². The SMILES string of the molecule is CCC(C)CNCC(C)C(C)F. The van der Waals surface area contributed by atoms with E-state index in [1.807, 2.05) is 6.92 Å². The Morgan fingerprint density at radius 3 is 2.17 bits per heavy atom. The second-order valence-corrected chi connectivity index (χ2v) is 3.83. The largest absolute Gasteiger partial charge is 0.316 e. The van der Waals surface area contributed by atoms with Crippen LogP contribution in [-0.2, 0) is 0 Å². The summed E-state index contributed by atoms with van der Waals surface area (Å²) in [6.07, 6.45) is 0.487. The van der Waals surface area contributed by atoms with Gasteiger partial charge in [-0.2, -0.15) is 0 Å². The first kappa shape index (κ1) is 11.9. The van der Waals surface area contributed by atoms with E-state index in [0.717, 1.165) is 13.1 Å². The van der Waals surface area contributed by atoms with E-state index in [1.165, 1.54) is 6.42 Å². The number of rotatable bonds is 6. The van der Waals surface area contributed by atoms with E-state index in [0.29, 0.717) is 5.92 Å². The van der Waals surface area contributed by atoms with Gasteiger partial charge in [0.25, 0.3) is 0 Å². The van der Waals surface area contributed by atoms with Crippen LogP contribution in [0.3, 0.4) is 0 Å². The molecule has 0 spiro atoms. The van der Waals surface area contributed by atoms with Crippen LogP contribution in [0, 0.1) is 11.8 Å². The summed E-state index contributed by atoms with van der Waals surface area (Å²) in [5.41, 5.74) is 0. The number of nitrogens with one attached hydrogen (secondary N) is 1. The molecule has 1 N–H and O–H groups in total. The zero-order valence-corrected chi connectivity index (χ0v) is 8.73. The summed E-state index contributed by atoms with van der Waals surface area (Å²) in [7, 11) is 0. The van der Waals surface area contributed by atoms with Crippen molar-refractivity contribution in [2.45, 2.75) is 40.3 Å². The lowest BCUT2D eigenvalue weighted by Crippen LogP contribution is -2.29. The summed E-state index contributed by atoms with van der Waals surface area (Å²) < 4.78 is 12.7. The van der Waals surface area contributed by atoms with Gasteiger partial charge in [0.05, 0.1) is 0 Å². The molecule has 74 valence electrons. The Kier molecular flexibility index (Phi) is 6.35. The summed E-state index contributed by atoms with van der Waals surface area (Å²) >= 11 is 0. The van der Waals surface area contributed by atoms with Crippen molar-refractivity contribution >= 4 is 0 Å².